The number of hydrogen-bond acceptors (Lipinski definition) is 10. The number of piperidine rings is 1. The molecule has 9 rings (SSSR count). The molecule has 3 unspecified atom stereocenters. The molecule has 376 valence electrons. The molecule has 0 radical (unpaired) electrons. The molecule has 0 amide bonds. The largest absolute Gasteiger partial charge is 0.375 e. The van der Waals surface area contributed by atoms with Gasteiger partial charge >= 0.3 is 0 Å². The van der Waals surface area contributed by atoms with Crippen LogP contribution in [0.5, 0.6) is 0 Å². The highest BCUT2D eigenvalue weighted by Crippen LogP contribution is 2.32. The van der Waals surface area contributed by atoms with Gasteiger partial charge in [-0.1, -0.05) is 224 Å². The van der Waals surface area contributed by atoms with Gasteiger partial charge in [0.1, 0.15) is 42.7 Å². The Morgan fingerprint density at radius 2 is 0.671 bits per heavy atom. The highest BCUT2D eigenvalue weighted by Gasteiger charge is 2.50. The number of benzene rings is 7. The van der Waals surface area contributed by atoms with Crippen LogP contribution in [-0.4, -0.2) is 74.8 Å². The van der Waals surface area contributed by atoms with Crippen molar-refractivity contribution >= 4 is 0 Å². The fourth-order valence-corrected chi connectivity index (χ4v) is 9.20. The third kappa shape index (κ3) is 15.1. The average molecular weight is 980 g/mol. The molecule has 0 saturated carbocycles. The zero-order valence-corrected chi connectivity index (χ0v) is 41.3. The van der Waals surface area contributed by atoms with Gasteiger partial charge in [-0.05, 0) is 38.9 Å². The predicted molar refractivity (Wildman–Crippen MR) is 280 cm³/mol. The molecule has 7 aromatic carbocycles. The summed E-state index contributed by atoms with van der Waals surface area (Å²) in [6.07, 6.45) is -5.57. The van der Waals surface area contributed by atoms with Crippen LogP contribution in [0.1, 0.15) is 38.9 Å². The fourth-order valence-electron chi connectivity index (χ4n) is 9.20. The van der Waals surface area contributed by atoms with Crippen LogP contribution in [0.15, 0.2) is 212 Å². The number of rotatable bonds is 23. The molecule has 10 nitrogen and oxygen atoms in total. The van der Waals surface area contributed by atoms with Gasteiger partial charge in [0.05, 0.1) is 64.9 Å². The Morgan fingerprint density at radius 3 is 1.05 bits per heavy atom. The standard InChI is InChI=1S/C63H65NO9/c1-65-63-62(72-45-53-35-21-8-22-36-53)61(71-44-52-33-19-7-20-34-52)59(69-42-50-29-15-5-16-30-50)56(73-63)38-37-54-57(67-40-48-25-11-3-12-26-48)60(70-43-51-31-17-6-18-32-51)58(68-41-49-27-13-4-14-28-49)55(64-54)46-66-39-47-23-9-2-10-24-47/h2-36,54-64H,39-46H2,1H3/t54-,55?,56+,57?,58+,59+,60?,61-,62+,63-/m0/s1. The van der Waals surface area contributed by atoms with Gasteiger partial charge in [0.2, 0.25) is 0 Å². The van der Waals surface area contributed by atoms with E-state index < -0.39 is 55.1 Å². The molecule has 2 aliphatic heterocycles. The topological polar surface area (TPSA) is 95.1 Å². The van der Waals surface area contributed by atoms with Gasteiger partial charge in [0.15, 0.2) is 6.29 Å². The molecule has 73 heavy (non-hydrogen) atoms. The molecule has 0 aliphatic carbocycles. The van der Waals surface area contributed by atoms with Gasteiger partial charge in [-0.15, -0.1) is 0 Å². The van der Waals surface area contributed by atoms with Crippen molar-refractivity contribution < 1.29 is 42.6 Å². The molecule has 0 bridgehead atoms. The van der Waals surface area contributed by atoms with Crippen LogP contribution in [0.2, 0.25) is 0 Å². The Bertz CT molecular complexity index is 2680. The first kappa shape index (κ1) is 51.6. The lowest BCUT2D eigenvalue weighted by Gasteiger charge is -2.46. The molecule has 2 heterocycles. The minimum atomic E-state index is -0.860. The predicted octanol–water partition coefficient (Wildman–Crippen LogP) is 10.4. The Morgan fingerprint density at radius 1 is 0.356 bits per heavy atom. The molecule has 7 aromatic rings. The lowest BCUT2D eigenvalue weighted by molar-refractivity contribution is -0.307. The lowest BCUT2D eigenvalue weighted by Crippen LogP contribution is -2.67. The van der Waals surface area contributed by atoms with Gasteiger partial charge in [0, 0.05) is 7.11 Å². The fraction of sp³-hybridized carbons (Fsp3) is 0.302. The Kier molecular flexibility index (Phi) is 19.6. The molecule has 2 saturated heterocycles. The summed E-state index contributed by atoms with van der Waals surface area (Å²) in [5.41, 5.74) is 7.14. The molecular weight excluding hydrogens is 915 g/mol. The number of nitrogens with one attached hydrogen (secondary N) is 1. The molecule has 10 atom stereocenters. The van der Waals surface area contributed by atoms with E-state index in [0.29, 0.717) is 46.2 Å². The minimum absolute atomic E-state index is 0.280. The summed E-state index contributed by atoms with van der Waals surface area (Å²) in [4.78, 5) is 0. The van der Waals surface area contributed by atoms with Crippen LogP contribution in [0.25, 0.3) is 0 Å². The van der Waals surface area contributed by atoms with Crippen LogP contribution < -0.4 is 5.32 Å². The summed E-state index contributed by atoms with van der Waals surface area (Å²) in [5, 5.41) is 3.87. The van der Waals surface area contributed by atoms with E-state index >= 15 is 0 Å². The van der Waals surface area contributed by atoms with Crippen LogP contribution in [0.4, 0.5) is 0 Å². The molecule has 2 aliphatic rings. The maximum Gasteiger partial charge on any atom is 0.187 e. The lowest BCUT2D eigenvalue weighted by atomic mass is 9.89. The first-order valence-corrected chi connectivity index (χ1v) is 25.2. The van der Waals surface area contributed by atoms with Crippen LogP contribution in [0.3, 0.4) is 0 Å². The van der Waals surface area contributed by atoms with Gasteiger partial charge in [-0.2, -0.15) is 0 Å². The van der Waals surface area contributed by atoms with Crippen molar-refractivity contribution in [2.24, 2.45) is 0 Å². The number of methoxy groups -OCH3 is 1. The maximum atomic E-state index is 7.07. The van der Waals surface area contributed by atoms with Crippen LogP contribution in [0, 0.1) is 11.8 Å². The second kappa shape index (κ2) is 27.7. The smallest absolute Gasteiger partial charge is 0.187 e. The van der Waals surface area contributed by atoms with E-state index in [9.17, 15) is 0 Å². The molecule has 10 heteroatoms. The summed E-state index contributed by atoms with van der Waals surface area (Å²) in [7, 11) is 1.62. The van der Waals surface area contributed by atoms with E-state index in [1.54, 1.807) is 7.11 Å². The van der Waals surface area contributed by atoms with E-state index in [4.69, 9.17) is 42.6 Å². The van der Waals surface area contributed by atoms with Crippen molar-refractivity contribution in [3.63, 3.8) is 0 Å². The van der Waals surface area contributed by atoms with E-state index in [1.807, 2.05) is 164 Å². The Balaban J connectivity index is 1.09. The monoisotopic (exact) mass is 979 g/mol. The zero-order valence-electron chi connectivity index (χ0n) is 41.3. The van der Waals surface area contributed by atoms with E-state index in [2.05, 4.69) is 65.7 Å². The zero-order chi connectivity index (χ0) is 49.7. The van der Waals surface area contributed by atoms with Crippen LogP contribution >= 0.6 is 0 Å². The maximum absolute atomic E-state index is 7.07. The first-order chi connectivity index (χ1) is 36.2. The summed E-state index contributed by atoms with van der Waals surface area (Å²) < 4.78 is 61.3. The minimum Gasteiger partial charge on any atom is -0.375 e. The Hall–Kier alpha value is -6.30. The Labute approximate surface area is 430 Å². The molecule has 0 spiro atoms. The number of ether oxygens (including phenoxy) is 9. The van der Waals surface area contributed by atoms with Crippen LogP contribution in [-0.2, 0) is 88.9 Å². The SMILES string of the molecule is CO[C@H]1O[C@H](C#C[C@@H]2NC(COCc3ccccc3)[C@@H](OCc3ccccc3)C(OCc3ccccc3)C2OCc2ccccc2)[C@@H](OCc2ccccc2)[C@H](OCc2ccccc2)[C@H]1OCc1ccccc1. The summed E-state index contributed by atoms with van der Waals surface area (Å²) >= 11 is 0. The third-order valence-electron chi connectivity index (χ3n) is 13.0. The van der Waals surface area contributed by atoms with Gasteiger partial charge < -0.3 is 42.6 Å². The second-order valence-electron chi connectivity index (χ2n) is 18.3. The van der Waals surface area contributed by atoms with Crippen molar-refractivity contribution in [1.29, 1.82) is 0 Å². The quantitative estimate of drug-likeness (QED) is 0.0625. The van der Waals surface area contributed by atoms with Crippen molar-refractivity contribution in [3.8, 4) is 11.8 Å². The summed E-state index contributed by atoms with van der Waals surface area (Å²) in [6, 6.07) is 69.9. The molecule has 2 fully saturated rings. The van der Waals surface area contributed by atoms with Gasteiger partial charge in [-0.25, -0.2) is 0 Å². The van der Waals surface area contributed by atoms with E-state index in [1.165, 1.54) is 0 Å². The highest BCUT2D eigenvalue weighted by molar-refractivity contribution is 5.24. The summed E-state index contributed by atoms with van der Waals surface area (Å²) in [6.45, 7) is 2.57. The first-order valence-electron chi connectivity index (χ1n) is 25.2. The third-order valence-corrected chi connectivity index (χ3v) is 13.0. The van der Waals surface area contributed by atoms with Crippen molar-refractivity contribution in [1.82, 2.24) is 5.32 Å². The van der Waals surface area contributed by atoms with E-state index in [0.717, 1.165) is 38.9 Å². The molecule has 0 aromatic heterocycles. The highest BCUT2D eigenvalue weighted by atomic mass is 16.7. The summed E-state index contributed by atoms with van der Waals surface area (Å²) in [5.74, 6) is 7.21. The van der Waals surface area contributed by atoms with E-state index in [-0.39, 0.29) is 12.6 Å². The van der Waals surface area contributed by atoms with Gasteiger partial charge in [-0.3, -0.25) is 5.32 Å². The molecular formula is C63H65NO9. The van der Waals surface area contributed by atoms with Gasteiger partial charge in [0.25, 0.3) is 0 Å². The average Bonchev–Trinajstić information content (AvgIpc) is 3.45. The molecule has 1 N–H and O–H groups in total. The number of hydrogen-bond donors (Lipinski definition) is 1. The normalized spacial score (nSPS) is 23.8. The van der Waals surface area contributed by atoms with Crippen molar-refractivity contribution in [3.05, 3.63) is 251 Å². The van der Waals surface area contributed by atoms with Crippen molar-refractivity contribution in [2.45, 2.75) is 107 Å². The second-order valence-corrected chi connectivity index (χ2v) is 18.3. The van der Waals surface area contributed by atoms with Crippen molar-refractivity contribution in [2.75, 3.05) is 13.7 Å².